The van der Waals surface area contributed by atoms with E-state index in [4.69, 9.17) is 10.2 Å². The first-order valence-corrected chi connectivity index (χ1v) is 6.33. The van der Waals surface area contributed by atoms with Crippen LogP contribution in [0.1, 0.15) is 26.2 Å². The Morgan fingerprint density at radius 2 is 2.05 bits per heavy atom. The van der Waals surface area contributed by atoms with Gasteiger partial charge in [-0.2, -0.15) is 0 Å². The molecule has 2 aromatic rings. The van der Waals surface area contributed by atoms with Crippen LogP contribution in [-0.4, -0.2) is 21.6 Å². The van der Waals surface area contributed by atoms with Gasteiger partial charge in [0.2, 0.25) is 17.7 Å². The van der Waals surface area contributed by atoms with Gasteiger partial charge in [-0.3, -0.25) is 4.79 Å². The van der Waals surface area contributed by atoms with Crippen molar-refractivity contribution in [3.63, 3.8) is 0 Å². The molecule has 0 saturated carbocycles. The molecule has 0 unspecified atom stereocenters. The molecule has 1 heterocycles. The number of hydrogen-bond acceptors (Lipinski definition) is 5. The monoisotopic (exact) mass is 274 g/mol. The zero-order chi connectivity index (χ0) is 14.8. The second-order valence-corrected chi connectivity index (χ2v) is 5.39. The van der Waals surface area contributed by atoms with E-state index in [2.05, 4.69) is 15.5 Å². The third-order valence-corrected chi connectivity index (χ3v) is 2.57. The van der Waals surface area contributed by atoms with Crippen molar-refractivity contribution in [1.29, 1.82) is 0 Å². The largest absolute Gasteiger partial charge is 0.421 e. The van der Waals surface area contributed by atoms with Crippen molar-refractivity contribution in [1.82, 2.24) is 10.2 Å². The van der Waals surface area contributed by atoms with E-state index in [0.717, 1.165) is 0 Å². The van der Waals surface area contributed by atoms with Gasteiger partial charge in [0, 0.05) is 18.9 Å². The number of benzene rings is 1. The molecule has 0 aliphatic heterocycles. The standard InChI is InChI=1S/C14H18N4O2/c1-9-17-18-13(20-9)10-6-4-5-7-11(10)16-12(19)8-14(2,3)15/h4-7H,8,15H2,1-3H3,(H,16,19). The zero-order valence-electron chi connectivity index (χ0n) is 11.8. The maximum Gasteiger partial charge on any atom is 0.249 e. The smallest absolute Gasteiger partial charge is 0.249 e. The SMILES string of the molecule is Cc1nnc(-c2ccccc2NC(=O)CC(C)(C)N)o1. The third kappa shape index (κ3) is 3.64. The van der Waals surface area contributed by atoms with E-state index in [-0.39, 0.29) is 12.3 Å². The van der Waals surface area contributed by atoms with Gasteiger partial charge >= 0.3 is 0 Å². The predicted octanol–water partition coefficient (Wildman–Crippen LogP) is 2.11. The molecular formula is C14H18N4O2. The summed E-state index contributed by atoms with van der Waals surface area (Å²) in [5, 5.41) is 10.6. The Bertz CT molecular complexity index is 614. The molecule has 2 rings (SSSR count). The second-order valence-electron chi connectivity index (χ2n) is 5.39. The minimum absolute atomic E-state index is 0.152. The average Bonchev–Trinajstić information content (AvgIpc) is 2.74. The molecule has 106 valence electrons. The number of nitrogens with two attached hydrogens (primary N) is 1. The van der Waals surface area contributed by atoms with Crippen LogP contribution >= 0.6 is 0 Å². The maximum atomic E-state index is 12.0. The summed E-state index contributed by atoms with van der Waals surface area (Å²) in [6.45, 7) is 5.33. The van der Waals surface area contributed by atoms with E-state index in [1.165, 1.54) is 0 Å². The van der Waals surface area contributed by atoms with E-state index in [0.29, 0.717) is 23.0 Å². The number of nitrogens with one attached hydrogen (secondary N) is 1. The highest BCUT2D eigenvalue weighted by Gasteiger charge is 2.18. The number of aryl methyl sites for hydroxylation is 1. The van der Waals surface area contributed by atoms with Gasteiger partial charge in [-0.25, -0.2) is 0 Å². The van der Waals surface area contributed by atoms with Crippen molar-refractivity contribution in [3.05, 3.63) is 30.2 Å². The second kappa shape index (κ2) is 5.42. The van der Waals surface area contributed by atoms with Gasteiger partial charge in [0.1, 0.15) is 0 Å². The molecule has 0 radical (unpaired) electrons. The molecular weight excluding hydrogens is 256 g/mol. The van der Waals surface area contributed by atoms with Crippen LogP contribution in [0, 0.1) is 6.92 Å². The highest BCUT2D eigenvalue weighted by molar-refractivity contribution is 5.95. The van der Waals surface area contributed by atoms with Crippen molar-refractivity contribution < 1.29 is 9.21 Å². The summed E-state index contributed by atoms with van der Waals surface area (Å²) in [5.41, 5.74) is 6.61. The number of amides is 1. The van der Waals surface area contributed by atoms with Crippen LogP contribution in [-0.2, 0) is 4.79 Å². The lowest BCUT2D eigenvalue weighted by atomic mass is 10.0. The minimum Gasteiger partial charge on any atom is -0.421 e. The Labute approximate surface area is 117 Å². The van der Waals surface area contributed by atoms with E-state index >= 15 is 0 Å². The summed E-state index contributed by atoms with van der Waals surface area (Å²) in [6.07, 6.45) is 0.226. The number of carbonyl (C=O) groups excluding carboxylic acids is 1. The highest BCUT2D eigenvalue weighted by Crippen LogP contribution is 2.26. The summed E-state index contributed by atoms with van der Waals surface area (Å²) >= 11 is 0. The van der Waals surface area contributed by atoms with Crippen molar-refractivity contribution in [2.24, 2.45) is 5.73 Å². The lowest BCUT2D eigenvalue weighted by Crippen LogP contribution is -2.36. The summed E-state index contributed by atoms with van der Waals surface area (Å²) in [6, 6.07) is 7.28. The molecule has 0 spiro atoms. The fourth-order valence-corrected chi connectivity index (χ4v) is 1.79. The van der Waals surface area contributed by atoms with Crippen molar-refractivity contribution >= 4 is 11.6 Å². The number of carbonyl (C=O) groups is 1. The molecule has 1 aromatic carbocycles. The fourth-order valence-electron chi connectivity index (χ4n) is 1.79. The van der Waals surface area contributed by atoms with Crippen LogP contribution in [0.3, 0.4) is 0 Å². The average molecular weight is 274 g/mol. The van der Waals surface area contributed by atoms with Crippen LogP contribution in [0.25, 0.3) is 11.5 Å². The Morgan fingerprint density at radius 1 is 1.35 bits per heavy atom. The molecule has 6 heteroatoms. The van der Waals surface area contributed by atoms with Gasteiger partial charge in [-0.1, -0.05) is 12.1 Å². The summed E-state index contributed by atoms with van der Waals surface area (Å²) < 4.78 is 5.39. The van der Waals surface area contributed by atoms with Gasteiger partial charge in [-0.05, 0) is 26.0 Å². The van der Waals surface area contributed by atoms with Gasteiger partial charge in [-0.15, -0.1) is 10.2 Å². The number of nitrogens with zero attached hydrogens (tertiary/aromatic N) is 2. The Balaban J connectivity index is 2.23. The lowest BCUT2D eigenvalue weighted by molar-refractivity contribution is -0.117. The van der Waals surface area contributed by atoms with E-state index < -0.39 is 5.54 Å². The van der Waals surface area contributed by atoms with Crippen LogP contribution in [0.15, 0.2) is 28.7 Å². The van der Waals surface area contributed by atoms with Crippen LogP contribution in [0.2, 0.25) is 0 Å². The number of aromatic nitrogens is 2. The molecule has 1 amide bonds. The first kappa shape index (κ1) is 14.2. The van der Waals surface area contributed by atoms with Gasteiger partial charge in [0.25, 0.3) is 0 Å². The molecule has 6 nitrogen and oxygen atoms in total. The Hall–Kier alpha value is -2.21. The zero-order valence-corrected chi connectivity index (χ0v) is 11.8. The van der Waals surface area contributed by atoms with Gasteiger partial charge in [0.05, 0.1) is 11.3 Å². The first-order valence-electron chi connectivity index (χ1n) is 6.33. The molecule has 0 aliphatic rings. The molecule has 0 atom stereocenters. The van der Waals surface area contributed by atoms with Crippen LogP contribution in [0.4, 0.5) is 5.69 Å². The predicted molar refractivity (Wildman–Crippen MR) is 76.0 cm³/mol. The van der Waals surface area contributed by atoms with Gasteiger partial charge < -0.3 is 15.5 Å². The quantitative estimate of drug-likeness (QED) is 0.890. The number of hydrogen-bond donors (Lipinski definition) is 2. The molecule has 0 bridgehead atoms. The van der Waals surface area contributed by atoms with Crippen molar-refractivity contribution in [2.75, 3.05) is 5.32 Å². The number of anilines is 1. The van der Waals surface area contributed by atoms with Gasteiger partial charge in [0.15, 0.2) is 0 Å². The summed E-state index contributed by atoms with van der Waals surface area (Å²) in [5.74, 6) is 0.704. The number of para-hydroxylation sites is 1. The maximum absolute atomic E-state index is 12.0. The topological polar surface area (TPSA) is 94.0 Å². The third-order valence-electron chi connectivity index (χ3n) is 2.57. The van der Waals surface area contributed by atoms with Crippen molar-refractivity contribution in [2.45, 2.75) is 32.7 Å². The Kier molecular flexibility index (Phi) is 3.85. The highest BCUT2D eigenvalue weighted by atomic mass is 16.4. The number of rotatable bonds is 4. The Morgan fingerprint density at radius 3 is 2.65 bits per heavy atom. The molecule has 3 N–H and O–H groups in total. The minimum atomic E-state index is -0.555. The molecule has 0 fully saturated rings. The summed E-state index contributed by atoms with van der Waals surface area (Å²) in [4.78, 5) is 12.0. The lowest BCUT2D eigenvalue weighted by Gasteiger charge is -2.18. The van der Waals surface area contributed by atoms with Crippen LogP contribution < -0.4 is 11.1 Å². The van der Waals surface area contributed by atoms with E-state index in [1.54, 1.807) is 26.8 Å². The first-order chi connectivity index (χ1) is 9.35. The van der Waals surface area contributed by atoms with Crippen molar-refractivity contribution in [3.8, 4) is 11.5 Å². The molecule has 20 heavy (non-hydrogen) atoms. The van der Waals surface area contributed by atoms with Crippen LogP contribution in [0.5, 0.6) is 0 Å². The summed E-state index contributed by atoms with van der Waals surface area (Å²) in [7, 11) is 0. The normalized spacial score (nSPS) is 11.4. The molecule has 1 aromatic heterocycles. The molecule has 0 aliphatic carbocycles. The fraction of sp³-hybridized carbons (Fsp3) is 0.357. The molecule has 0 saturated heterocycles. The van der Waals surface area contributed by atoms with E-state index in [1.807, 2.05) is 18.2 Å². The van der Waals surface area contributed by atoms with E-state index in [9.17, 15) is 4.79 Å².